The second-order valence-electron chi connectivity index (χ2n) is 6.74. The Morgan fingerprint density at radius 3 is 2.90 bits per heavy atom. The molecule has 0 bridgehead atoms. The second kappa shape index (κ2) is 4.36. The van der Waals surface area contributed by atoms with Crippen LogP contribution in [-0.4, -0.2) is 29.1 Å². The van der Waals surface area contributed by atoms with Gasteiger partial charge in [-0.3, -0.25) is 0 Å². The number of hydrogen-bond donors (Lipinski definition) is 0. The summed E-state index contributed by atoms with van der Waals surface area (Å²) in [4.78, 5) is 2.53. The van der Waals surface area contributed by atoms with Gasteiger partial charge < -0.3 is 9.47 Å². The highest BCUT2D eigenvalue weighted by molar-refractivity contribution is 5.89. The molecule has 1 unspecified atom stereocenters. The van der Waals surface area contributed by atoms with E-state index in [1.165, 1.54) is 18.4 Å². The van der Waals surface area contributed by atoms with E-state index in [0.29, 0.717) is 18.0 Å². The van der Waals surface area contributed by atoms with Gasteiger partial charge in [-0.05, 0) is 57.4 Å². The minimum absolute atomic E-state index is 0.533. The molecule has 20 heavy (non-hydrogen) atoms. The molecule has 0 N–H and O–H groups in total. The molecule has 2 aliphatic rings. The lowest BCUT2D eigenvalue weighted by molar-refractivity contribution is 0.187. The van der Waals surface area contributed by atoms with Crippen LogP contribution in [0.25, 0.3) is 10.9 Å². The summed E-state index contributed by atoms with van der Waals surface area (Å²) in [6.07, 6.45) is 7.30. The fourth-order valence-corrected chi connectivity index (χ4v) is 4.23. The summed E-state index contributed by atoms with van der Waals surface area (Å²) in [6.45, 7) is 5.69. The van der Waals surface area contributed by atoms with Gasteiger partial charge in [0.25, 0.3) is 0 Å². The second-order valence-corrected chi connectivity index (χ2v) is 6.74. The minimum atomic E-state index is 0.533. The number of likely N-dealkylation sites (tertiary alicyclic amines) is 1. The first-order chi connectivity index (χ1) is 9.66. The maximum Gasteiger partial charge on any atom is 0.0488 e. The summed E-state index contributed by atoms with van der Waals surface area (Å²) in [6, 6.07) is 8.11. The Balaban J connectivity index is 1.95. The first kappa shape index (κ1) is 12.5. The van der Waals surface area contributed by atoms with Crippen LogP contribution in [0.5, 0.6) is 0 Å². The van der Waals surface area contributed by atoms with Gasteiger partial charge in [-0.2, -0.15) is 0 Å². The zero-order chi connectivity index (χ0) is 13.9. The third kappa shape index (κ3) is 1.61. The minimum Gasteiger partial charge on any atom is -0.345 e. The van der Waals surface area contributed by atoms with Crippen molar-refractivity contribution in [1.82, 2.24) is 9.47 Å². The van der Waals surface area contributed by atoms with Crippen molar-refractivity contribution in [3.05, 3.63) is 41.9 Å². The van der Waals surface area contributed by atoms with Gasteiger partial charge >= 0.3 is 0 Å². The number of fused-ring (bicyclic) bond motifs is 2. The summed E-state index contributed by atoms with van der Waals surface area (Å²) >= 11 is 0. The molecule has 2 nitrogen and oxygen atoms in total. The lowest BCUT2D eigenvalue weighted by atomic mass is 9.75. The van der Waals surface area contributed by atoms with Crippen molar-refractivity contribution in [3.8, 4) is 0 Å². The highest BCUT2D eigenvalue weighted by atomic mass is 15.1. The molecular weight excluding hydrogens is 244 g/mol. The van der Waals surface area contributed by atoms with Crippen LogP contribution in [0, 0.1) is 6.42 Å². The van der Waals surface area contributed by atoms with Crippen LogP contribution in [-0.2, 0) is 6.42 Å². The monoisotopic (exact) mass is 267 g/mol. The predicted octanol–water partition coefficient (Wildman–Crippen LogP) is 3.77. The van der Waals surface area contributed by atoms with Crippen molar-refractivity contribution in [3.63, 3.8) is 0 Å². The van der Waals surface area contributed by atoms with E-state index in [1.54, 1.807) is 16.5 Å². The van der Waals surface area contributed by atoms with Gasteiger partial charge in [-0.15, -0.1) is 0 Å². The van der Waals surface area contributed by atoms with Crippen molar-refractivity contribution in [1.29, 1.82) is 0 Å². The maximum atomic E-state index is 2.53. The number of aromatic nitrogens is 1. The molecular formula is C18H23N2. The largest absolute Gasteiger partial charge is 0.345 e. The third-order valence-corrected chi connectivity index (χ3v) is 5.22. The fourth-order valence-electron chi connectivity index (χ4n) is 4.23. The molecule has 2 atom stereocenters. The quantitative estimate of drug-likeness (QED) is 0.763. The normalized spacial score (nSPS) is 26.2. The Labute approximate surface area is 121 Å². The summed E-state index contributed by atoms with van der Waals surface area (Å²) < 4.78 is 2.45. The molecule has 2 heterocycles. The molecule has 1 aromatic heterocycles. The predicted molar refractivity (Wildman–Crippen MR) is 84.1 cm³/mol. The highest BCUT2D eigenvalue weighted by Crippen LogP contribution is 2.43. The Morgan fingerprint density at radius 1 is 1.25 bits per heavy atom. The molecule has 105 valence electrons. The zero-order valence-corrected chi connectivity index (χ0v) is 12.6. The number of nitrogens with zero attached hydrogens (tertiary/aromatic N) is 2. The molecule has 1 fully saturated rings. The Morgan fingerprint density at radius 2 is 2.10 bits per heavy atom. The molecule has 1 aliphatic heterocycles. The lowest BCUT2D eigenvalue weighted by Gasteiger charge is -2.42. The van der Waals surface area contributed by atoms with Crippen molar-refractivity contribution >= 4 is 10.9 Å². The van der Waals surface area contributed by atoms with Crippen LogP contribution >= 0.6 is 0 Å². The average Bonchev–Trinajstić information content (AvgIpc) is 2.81. The smallest absolute Gasteiger partial charge is 0.0488 e. The van der Waals surface area contributed by atoms with Crippen molar-refractivity contribution in [2.45, 2.75) is 44.7 Å². The van der Waals surface area contributed by atoms with Gasteiger partial charge in [-0.25, -0.2) is 0 Å². The van der Waals surface area contributed by atoms with Crippen LogP contribution in [0.15, 0.2) is 24.4 Å². The molecule has 4 rings (SSSR count). The summed E-state index contributed by atoms with van der Waals surface area (Å²) in [5.41, 5.74) is 4.56. The fraction of sp³-hybridized carbons (Fsp3) is 0.500. The van der Waals surface area contributed by atoms with Gasteiger partial charge in [-0.1, -0.05) is 12.1 Å². The molecule has 1 saturated heterocycles. The third-order valence-electron chi connectivity index (χ3n) is 5.22. The number of piperidine rings is 1. The molecule has 0 amide bonds. The first-order valence-corrected chi connectivity index (χ1v) is 7.81. The number of rotatable bonds is 1. The topological polar surface area (TPSA) is 8.17 Å². The summed E-state index contributed by atoms with van der Waals surface area (Å²) in [5.74, 6) is 0.688. The van der Waals surface area contributed by atoms with E-state index in [9.17, 15) is 0 Å². The van der Waals surface area contributed by atoms with Crippen molar-refractivity contribution in [2.24, 2.45) is 0 Å². The lowest BCUT2D eigenvalue weighted by Crippen LogP contribution is -2.44. The van der Waals surface area contributed by atoms with E-state index in [1.807, 2.05) is 0 Å². The molecule has 0 saturated carbocycles. The maximum absolute atomic E-state index is 2.53. The van der Waals surface area contributed by atoms with E-state index >= 15 is 0 Å². The molecule has 2 heteroatoms. The van der Waals surface area contributed by atoms with E-state index in [2.05, 4.69) is 61.2 Å². The SMILES string of the molecule is CC(C)n1cc2c3c(cccc31)C1C[CH]CN(C)[C@@H]1C2. The van der Waals surface area contributed by atoms with Crippen LogP contribution in [0.3, 0.4) is 0 Å². The van der Waals surface area contributed by atoms with Crippen molar-refractivity contribution < 1.29 is 0 Å². The van der Waals surface area contributed by atoms with Crippen LogP contribution < -0.4 is 0 Å². The van der Waals surface area contributed by atoms with E-state index in [-0.39, 0.29) is 0 Å². The molecule has 2 aromatic rings. The standard InChI is InChI=1S/C18H23N2/c1-12(2)20-11-13-10-17-14(7-5-9-19(17)3)15-6-4-8-16(20)18(13)15/h4-6,8,11-12,14,17H,7,9-10H2,1-3H3/t14?,17-/m1/s1. The Kier molecular flexibility index (Phi) is 2.71. The van der Waals surface area contributed by atoms with Gasteiger partial charge in [0.1, 0.15) is 0 Å². The summed E-state index contributed by atoms with van der Waals surface area (Å²) in [7, 11) is 2.28. The molecule has 1 aromatic carbocycles. The molecule has 0 spiro atoms. The van der Waals surface area contributed by atoms with Gasteiger partial charge in [0.05, 0.1) is 0 Å². The number of benzene rings is 1. The van der Waals surface area contributed by atoms with Gasteiger partial charge in [0.15, 0.2) is 0 Å². The van der Waals surface area contributed by atoms with Crippen LogP contribution in [0.1, 0.15) is 43.4 Å². The molecule has 1 radical (unpaired) electrons. The Bertz CT molecular complexity index is 653. The number of hydrogen-bond acceptors (Lipinski definition) is 1. The Hall–Kier alpha value is -1.28. The highest BCUT2D eigenvalue weighted by Gasteiger charge is 2.36. The number of likely N-dealkylation sites (N-methyl/N-ethyl adjacent to an activating group) is 1. The van der Waals surface area contributed by atoms with E-state index in [4.69, 9.17) is 0 Å². The molecule has 1 aliphatic carbocycles. The van der Waals surface area contributed by atoms with E-state index < -0.39 is 0 Å². The zero-order valence-electron chi connectivity index (χ0n) is 12.6. The van der Waals surface area contributed by atoms with Crippen LogP contribution in [0.4, 0.5) is 0 Å². The van der Waals surface area contributed by atoms with Gasteiger partial charge in [0, 0.05) is 41.6 Å². The van der Waals surface area contributed by atoms with Crippen LogP contribution in [0.2, 0.25) is 0 Å². The van der Waals surface area contributed by atoms with E-state index in [0.717, 1.165) is 6.54 Å². The first-order valence-electron chi connectivity index (χ1n) is 7.81. The van der Waals surface area contributed by atoms with Crippen molar-refractivity contribution in [2.75, 3.05) is 13.6 Å². The summed E-state index contributed by atoms with van der Waals surface area (Å²) in [5, 5.41) is 1.55. The average molecular weight is 267 g/mol. The van der Waals surface area contributed by atoms with Gasteiger partial charge in [0.2, 0.25) is 0 Å².